The fraction of sp³-hybridized carbons (Fsp3) is 0.0526. The largest absolute Gasteiger partial charge is 0.416 e. The lowest BCUT2D eigenvalue weighted by Gasteiger charge is -2.12. The lowest BCUT2D eigenvalue weighted by atomic mass is 10.1. The second-order valence-corrected chi connectivity index (χ2v) is 6.36. The maximum atomic E-state index is 13.0. The molecule has 2 aromatic carbocycles. The van der Waals surface area contributed by atoms with E-state index in [0.717, 1.165) is 16.6 Å². The molecule has 0 radical (unpaired) electrons. The van der Waals surface area contributed by atoms with E-state index in [4.69, 9.17) is 0 Å². The van der Waals surface area contributed by atoms with Crippen molar-refractivity contribution in [1.29, 1.82) is 0 Å². The van der Waals surface area contributed by atoms with Gasteiger partial charge in [-0.25, -0.2) is 0 Å². The minimum atomic E-state index is -4.45. The summed E-state index contributed by atoms with van der Waals surface area (Å²) in [7, 11) is 0. The van der Waals surface area contributed by atoms with Crippen LogP contribution >= 0.6 is 15.9 Å². The van der Waals surface area contributed by atoms with Crippen LogP contribution in [-0.4, -0.2) is 10.9 Å². The van der Waals surface area contributed by atoms with Gasteiger partial charge in [0.1, 0.15) is 0 Å². The van der Waals surface area contributed by atoms with Crippen molar-refractivity contribution in [2.75, 3.05) is 5.32 Å². The van der Waals surface area contributed by atoms with E-state index in [-0.39, 0.29) is 17.2 Å². The third-order valence-corrected chi connectivity index (χ3v) is 4.10. The highest BCUT2D eigenvalue weighted by Crippen LogP contribution is 2.33. The van der Waals surface area contributed by atoms with Gasteiger partial charge in [0.15, 0.2) is 0 Å². The first-order valence-electron chi connectivity index (χ1n) is 7.54. The molecular weight excluding hydrogens is 409 g/mol. The van der Waals surface area contributed by atoms with Crippen LogP contribution in [0, 0.1) is 0 Å². The SMILES string of the molecule is O=C(Nc1cccnc1-c1cccc(C(F)(F)F)c1)c1cccc(Br)c1. The Morgan fingerprint density at radius 1 is 1.00 bits per heavy atom. The number of hydrogen-bond acceptors (Lipinski definition) is 2. The highest BCUT2D eigenvalue weighted by atomic mass is 79.9. The number of alkyl halides is 3. The molecule has 132 valence electrons. The molecule has 0 aliphatic heterocycles. The first-order chi connectivity index (χ1) is 12.3. The van der Waals surface area contributed by atoms with Gasteiger partial charge in [-0.15, -0.1) is 0 Å². The summed E-state index contributed by atoms with van der Waals surface area (Å²) in [4.78, 5) is 16.6. The maximum Gasteiger partial charge on any atom is 0.416 e. The average molecular weight is 421 g/mol. The molecule has 0 saturated carbocycles. The van der Waals surface area contributed by atoms with Crippen molar-refractivity contribution in [1.82, 2.24) is 4.98 Å². The monoisotopic (exact) mass is 420 g/mol. The Labute approximate surface area is 156 Å². The summed E-state index contributed by atoms with van der Waals surface area (Å²) in [5, 5.41) is 2.71. The van der Waals surface area contributed by atoms with Gasteiger partial charge < -0.3 is 5.32 Å². The molecule has 3 aromatic rings. The van der Waals surface area contributed by atoms with Gasteiger partial charge in [0.25, 0.3) is 5.91 Å². The lowest BCUT2D eigenvalue weighted by molar-refractivity contribution is -0.137. The van der Waals surface area contributed by atoms with Gasteiger partial charge >= 0.3 is 6.18 Å². The predicted molar refractivity (Wildman–Crippen MR) is 96.8 cm³/mol. The Kier molecular flexibility index (Phi) is 5.08. The van der Waals surface area contributed by atoms with Gasteiger partial charge in [0.05, 0.1) is 16.9 Å². The molecule has 1 amide bonds. The summed E-state index contributed by atoms with van der Waals surface area (Å²) in [6, 6.07) is 14.8. The van der Waals surface area contributed by atoms with Gasteiger partial charge in [-0.1, -0.05) is 34.1 Å². The van der Waals surface area contributed by atoms with Gasteiger partial charge in [-0.2, -0.15) is 13.2 Å². The van der Waals surface area contributed by atoms with Crippen LogP contribution in [0.5, 0.6) is 0 Å². The number of pyridine rings is 1. The number of anilines is 1. The predicted octanol–water partition coefficient (Wildman–Crippen LogP) is 5.78. The zero-order valence-electron chi connectivity index (χ0n) is 13.2. The van der Waals surface area contributed by atoms with Crippen molar-refractivity contribution in [3.63, 3.8) is 0 Å². The molecule has 0 aliphatic rings. The van der Waals surface area contributed by atoms with E-state index in [1.165, 1.54) is 18.3 Å². The molecule has 1 N–H and O–H groups in total. The summed E-state index contributed by atoms with van der Waals surface area (Å²) in [5.74, 6) is -0.382. The van der Waals surface area contributed by atoms with Gasteiger partial charge in [0, 0.05) is 21.8 Å². The highest BCUT2D eigenvalue weighted by Gasteiger charge is 2.30. The topological polar surface area (TPSA) is 42.0 Å². The molecule has 1 aromatic heterocycles. The molecule has 1 heterocycles. The second kappa shape index (κ2) is 7.29. The first-order valence-corrected chi connectivity index (χ1v) is 8.33. The van der Waals surface area contributed by atoms with Crippen LogP contribution in [-0.2, 0) is 6.18 Å². The Morgan fingerprint density at radius 3 is 2.50 bits per heavy atom. The number of nitrogens with zero attached hydrogens (tertiary/aromatic N) is 1. The van der Waals surface area contributed by atoms with E-state index < -0.39 is 11.7 Å². The number of benzene rings is 2. The molecule has 3 nitrogen and oxygen atoms in total. The van der Waals surface area contributed by atoms with Crippen molar-refractivity contribution >= 4 is 27.5 Å². The van der Waals surface area contributed by atoms with E-state index >= 15 is 0 Å². The average Bonchev–Trinajstić information content (AvgIpc) is 2.61. The van der Waals surface area contributed by atoms with Crippen molar-refractivity contribution < 1.29 is 18.0 Å². The number of halogens is 4. The van der Waals surface area contributed by atoms with Crippen LogP contribution < -0.4 is 5.32 Å². The molecule has 0 saturated heterocycles. The van der Waals surface area contributed by atoms with E-state index in [1.807, 2.05) is 0 Å². The van der Waals surface area contributed by atoms with Crippen LogP contribution in [0.4, 0.5) is 18.9 Å². The standard InChI is InChI=1S/C19H12BrF3N2O/c20-15-7-2-5-13(11-15)18(26)25-16-8-3-9-24-17(16)12-4-1-6-14(10-12)19(21,22)23/h1-11H,(H,25,26). The molecule has 0 fully saturated rings. The molecular formula is C19H12BrF3N2O. The molecule has 0 bridgehead atoms. The smallest absolute Gasteiger partial charge is 0.320 e. The first kappa shape index (κ1) is 18.1. The summed E-state index contributed by atoms with van der Waals surface area (Å²) >= 11 is 3.29. The third-order valence-electron chi connectivity index (χ3n) is 3.61. The van der Waals surface area contributed by atoms with E-state index in [9.17, 15) is 18.0 Å². The molecule has 7 heteroatoms. The van der Waals surface area contributed by atoms with Crippen LogP contribution in [0.1, 0.15) is 15.9 Å². The summed E-state index contributed by atoms with van der Waals surface area (Å²) < 4.78 is 39.6. The summed E-state index contributed by atoms with van der Waals surface area (Å²) in [5.41, 5.74) is 0.506. The van der Waals surface area contributed by atoms with Gasteiger partial charge in [-0.05, 0) is 42.5 Å². The zero-order chi connectivity index (χ0) is 18.7. The Hall–Kier alpha value is -2.67. The second-order valence-electron chi connectivity index (χ2n) is 5.44. The number of rotatable bonds is 3. The molecule has 26 heavy (non-hydrogen) atoms. The quantitative estimate of drug-likeness (QED) is 0.583. The number of carbonyl (C=O) groups excluding carboxylic acids is 1. The maximum absolute atomic E-state index is 13.0. The van der Waals surface area contributed by atoms with Crippen LogP contribution in [0.2, 0.25) is 0 Å². The van der Waals surface area contributed by atoms with Gasteiger partial charge in [-0.3, -0.25) is 9.78 Å². The van der Waals surface area contributed by atoms with E-state index in [2.05, 4.69) is 26.2 Å². The van der Waals surface area contributed by atoms with E-state index in [1.54, 1.807) is 36.4 Å². The number of hydrogen-bond donors (Lipinski definition) is 1. The van der Waals surface area contributed by atoms with Crippen molar-refractivity contribution in [2.24, 2.45) is 0 Å². The number of carbonyl (C=O) groups is 1. The molecule has 0 aliphatic carbocycles. The molecule has 0 unspecified atom stereocenters. The fourth-order valence-electron chi connectivity index (χ4n) is 2.40. The number of aromatic nitrogens is 1. The Morgan fingerprint density at radius 2 is 1.77 bits per heavy atom. The van der Waals surface area contributed by atoms with Crippen molar-refractivity contribution in [3.8, 4) is 11.3 Å². The normalized spacial score (nSPS) is 11.2. The summed E-state index contributed by atoms with van der Waals surface area (Å²) in [6.45, 7) is 0. The van der Waals surface area contributed by atoms with Crippen molar-refractivity contribution in [2.45, 2.75) is 6.18 Å². The summed E-state index contributed by atoms with van der Waals surface area (Å²) in [6.07, 6.45) is -2.99. The van der Waals surface area contributed by atoms with Crippen LogP contribution in [0.15, 0.2) is 71.3 Å². The van der Waals surface area contributed by atoms with Crippen LogP contribution in [0.3, 0.4) is 0 Å². The third kappa shape index (κ3) is 4.11. The highest BCUT2D eigenvalue weighted by molar-refractivity contribution is 9.10. The minimum Gasteiger partial charge on any atom is -0.320 e. The van der Waals surface area contributed by atoms with Crippen molar-refractivity contribution in [3.05, 3.63) is 82.5 Å². The lowest BCUT2D eigenvalue weighted by Crippen LogP contribution is -2.13. The zero-order valence-corrected chi connectivity index (χ0v) is 14.8. The number of amides is 1. The molecule has 0 atom stereocenters. The van der Waals surface area contributed by atoms with Gasteiger partial charge in [0.2, 0.25) is 0 Å². The number of nitrogens with one attached hydrogen (secondary N) is 1. The van der Waals surface area contributed by atoms with Crippen LogP contribution in [0.25, 0.3) is 11.3 Å². The minimum absolute atomic E-state index is 0.266. The molecule has 3 rings (SSSR count). The van der Waals surface area contributed by atoms with E-state index in [0.29, 0.717) is 11.3 Å². The fourth-order valence-corrected chi connectivity index (χ4v) is 2.80. The Bertz CT molecular complexity index is 957. The Balaban J connectivity index is 1.96. The molecule has 0 spiro atoms.